The molecule has 0 aliphatic heterocycles. The van der Waals surface area contributed by atoms with E-state index in [0.717, 1.165) is 39.9 Å². The lowest BCUT2D eigenvalue weighted by Gasteiger charge is -2.14. The first-order valence-electron chi connectivity index (χ1n) is 10.5. The van der Waals surface area contributed by atoms with E-state index >= 15 is 0 Å². The summed E-state index contributed by atoms with van der Waals surface area (Å²) in [5.74, 6) is 0.260. The van der Waals surface area contributed by atoms with Gasteiger partial charge in [-0.2, -0.15) is 5.10 Å². The molecule has 34 heavy (non-hydrogen) atoms. The second-order valence-electron chi connectivity index (χ2n) is 7.45. The Labute approximate surface area is 201 Å². The van der Waals surface area contributed by atoms with Crippen LogP contribution in [0.15, 0.2) is 78.9 Å². The number of ether oxygens (including phenoxy) is 2. The third kappa shape index (κ3) is 5.21. The van der Waals surface area contributed by atoms with E-state index in [1.807, 2.05) is 54.6 Å². The van der Waals surface area contributed by atoms with Crippen LogP contribution >= 0.6 is 12.2 Å². The van der Waals surface area contributed by atoms with Gasteiger partial charge in [-0.05, 0) is 60.2 Å². The highest BCUT2D eigenvalue weighted by molar-refractivity contribution is 7.71. The van der Waals surface area contributed by atoms with E-state index in [0.29, 0.717) is 11.2 Å². The van der Waals surface area contributed by atoms with Crippen molar-refractivity contribution in [2.75, 3.05) is 14.2 Å². The smallest absolute Gasteiger partial charge is 0.133 e. The van der Waals surface area contributed by atoms with Gasteiger partial charge in [-0.25, -0.2) is 8.78 Å². The highest BCUT2D eigenvalue weighted by Gasteiger charge is 2.12. The summed E-state index contributed by atoms with van der Waals surface area (Å²) in [6, 6.07) is 20.7. The van der Waals surface area contributed by atoms with Gasteiger partial charge in [0.1, 0.15) is 27.8 Å². The van der Waals surface area contributed by atoms with Gasteiger partial charge in [0.2, 0.25) is 0 Å². The van der Waals surface area contributed by atoms with E-state index in [9.17, 15) is 8.78 Å². The zero-order valence-corrected chi connectivity index (χ0v) is 19.5. The molecule has 4 aromatic rings. The molecule has 3 aromatic carbocycles. The SMILES string of the molecule is COc1ccc(-c2cc(=S)n(C/C=C/c3ccc(F)cc3F)nc2-c2ccc(OC)cc2)cc1. The van der Waals surface area contributed by atoms with E-state index in [-0.39, 0.29) is 5.56 Å². The largest absolute Gasteiger partial charge is 0.497 e. The fraction of sp³-hybridized carbons (Fsp3) is 0.111. The van der Waals surface area contributed by atoms with Crippen LogP contribution in [0.4, 0.5) is 8.78 Å². The average Bonchev–Trinajstić information content (AvgIpc) is 2.86. The van der Waals surface area contributed by atoms with Gasteiger partial charge in [0, 0.05) is 22.8 Å². The Balaban J connectivity index is 1.74. The minimum Gasteiger partial charge on any atom is -0.497 e. The highest BCUT2D eigenvalue weighted by Crippen LogP contribution is 2.32. The van der Waals surface area contributed by atoms with Crippen LogP contribution in [0.25, 0.3) is 28.5 Å². The van der Waals surface area contributed by atoms with Crippen molar-refractivity contribution in [2.45, 2.75) is 6.54 Å². The number of rotatable bonds is 7. The summed E-state index contributed by atoms with van der Waals surface area (Å²) in [7, 11) is 3.24. The Hall–Kier alpha value is -3.84. The Morgan fingerprint density at radius 2 is 1.47 bits per heavy atom. The third-order valence-corrected chi connectivity index (χ3v) is 5.63. The molecular weight excluding hydrogens is 454 g/mol. The monoisotopic (exact) mass is 476 g/mol. The molecule has 4 nitrogen and oxygen atoms in total. The van der Waals surface area contributed by atoms with Crippen LogP contribution in [0, 0.1) is 16.3 Å². The van der Waals surface area contributed by atoms with Gasteiger partial charge >= 0.3 is 0 Å². The Bertz CT molecular complexity index is 1380. The van der Waals surface area contributed by atoms with Gasteiger partial charge in [0.25, 0.3) is 0 Å². The van der Waals surface area contributed by atoms with Gasteiger partial charge in [-0.15, -0.1) is 0 Å². The number of hydrogen-bond donors (Lipinski definition) is 0. The molecule has 0 bridgehead atoms. The second kappa shape index (κ2) is 10.4. The predicted molar refractivity (Wildman–Crippen MR) is 132 cm³/mol. The molecule has 0 aliphatic carbocycles. The summed E-state index contributed by atoms with van der Waals surface area (Å²) in [5, 5.41) is 4.82. The highest BCUT2D eigenvalue weighted by atomic mass is 32.1. The summed E-state index contributed by atoms with van der Waals surface area (Å²) in [5.41, 5.74) is 3.74. The zero-order valence-electron chi connectivity index (χ0n) is 18.7. The van der Waals surface area contributed by atoms with Crippen molar-refractivity contribution in [2.24, 2.45) is 0 Å². The quantitative estimate of drug-likeness (QED) is 0.270. The van der Waals surface area contributed by atoms with E-state index < -0.39 is 11.6 Å². The number of allylic oxidation sites excluding steroid dienone is 1. The fourth-order valence-corrected chi connectivity index (χ4v) is 3.72. The number of hydrogen-bond acceptors (Lipinski definition) is 4. The molecule has 0 radical (unpaired) electrons. The summed E-state index contributed by atoms with van der Waals surface area (Å²) < 4.78 is 39.8. The maximum atomic E-state index is 13.9. The molecule has 0 amide bonds. The summed E-state index contributed by atoms with van der Waals surface area (Å²) >= 11 is 5.61. The van der Waals surface area contributed by atoms with Crippen molar-refractivity contribution in [3.05, 3.63) is 101 Å². The van der Waals surface area contributed by atoms with Gasteiger partial charge in [-0.3, -0.25) is 4.68 Å². The van der Waals surface area contributed by atoms with Crippen LogP contribution in [-0.2, 0) is 6.54 Å². The van der Waals surface area contributed by atoms with Gasteiger partial charge in [0.05, 0.1) is 26.5 Å². The van der Waals surface area contributed by atoms with Gasteiger partial charge in [-0.1, -0.05) is 36.5 Å². The molecule has 0 saturated heterocycles. The number of benzene rings is 3. The van der Waals surface area contributed by atoms with Crippen molar-refractivity contribution in [1.29, 1.82) is 0 Å². The summed E-state index contributed by atoms with van der Waals surface area (Å²) in [6.07, 6.45) is 3.33. The molecule has 1 aromatic heterocycles. The first-order chi connectivity index (χ1) is 16.5. The lowest BCUT2D eigenvalue weighted by molar-refractivity contribution is 0.414. The number of methoxy groups -OCH3 is 2. The molecule has 7 heteroatoms. The maximum absolute atomic E-state index is 13.9. The molecule has 0 unspecified atom stereocenters. The van der Waals surface area contributed by atoms with Crippen LogP contribution in [-0.4, -0.2) is 24.0 Å². The fourth-order valence-electron chi connectivity index (χ4n) is 3.49. The first kappa shape index (κ1) is 23.3. The molecule has 0 spiro atoms. The third-order valence-electron chi connectivity index (χ3n) is 5.30. The first-order valence-corrected chi connectivity index (χ1v) is 10.9. The normalized spacial score (nSPS) is 11.1. The summed E-state index contributed by atoms with van der Waals surface area (Å²) in [6.45, 7) is 0.321. The van der Waals surface area contributed by atoms with Gasteiger partial charge in [0.15, 0.2) is 0 Å². The minimum atomic E-state index is -0.624. The van der Waals surface area contributed by atoms with Crippen molar-refractivity contribution in [1.82, 2.24) is 9.78 Å². The molecule has 0 saturated carbocycles. The van der Waals surface area contributed by atoms with E-state index in [4.69, 9.17) is 26.8 Å². The minimum absolute atomic E-state index is 0.290. The topological polar surface area (TPSA) is 36.3 Å². The molecule has 0 atom stereocenters. The lowest BCUT2D eigenvalue weighted by Crippen LogP contribution is -2.06. The van der Waals surface area contributed by atoms with E-state index in [1.165, 1.54) is 12.1 Å². The van der Waals surface area contributed by atoms with Crippen molar-refractivity contribution >= 4 is 18.3 Å². The number of halogens is 2. The molecule has 172 valence electrons. The standard InChI is InChI=1S/C27H22F2N2O2S/c1-32-22-11-6-18(7-12-22)24-17-26(34)31(15-3-4-19-5-10-21(28)16-25(19)29)30-27(24)20-8-13-23(33-2)14-9-20/h3-14,16-17H,15H2,1-2H3/b4-3+. The van der Waals surface area contributed by atoms with Crippen molar-refractivity contribution in [3.63, 3.8) is 0 Å². The molecule has 1 heterocycles. The van der Waals surface area contributed by atoms with Crippen LogP contribution in [0.1, 0.15) is 5.56 Å². The Morgan fingerprint density at radius 1 is 0.853 bits per heavy atom. The van der Waals surface area contributed by atoms with Crippen LogP contribution in [0.3, 0.4) is 0 Å². The van der Waals surface area contributed by atoms with Gasteiger partial charge < -0.3 is 9.47 Å². The molecular formula is C27H22F2N2O2S. The number of nitrogens with zero attached hydrogens (tertiary/aromatic N) is 2. The predicted octanol–water partition coefficient (Wildman–Crippen LogP) is 6.96. The van der Waals surface area contributed by atoms with Crippen LogP contribution in [0.5, 0.6) is 11.5 Å². The molecule has 0 fully saturated rings. The van der Waals surface area contributed by atoms with Crippen LogP contribution in [0.2, 0.25) is 0 Å². The Kier molecular flexibility index (Phi) is 7.13. The molecule has 0 aliphatic rings. The average molecular weight is 477 g/mol. The van der Waals surface area contributed by atoms with E-state index in [1.54, 1.807) is 31.1 Å². The van der Waals surface area contributed by atoms with E-state index in [2.05, 4.69) is 0 Å². The summed E-state index contributed by atoms with van der Waals surface area (Å²) in [4.78, 5) is 0. The maximum Gasteiger partial charge on any atom is 0.133 e. The second-order valence-corrected chi connectivity index (χ2v) is 7.87. The van der Waals surface area contributed by atoms with Crippen LogP contribution < -0.4 is 9.47 Å². The number of aromatic nitrogens is 2. The molecule has 4 rings (SSSR count). The van der Waals surface area contributed by atoms with Crippen molar-refractivity contribution in [3.8, 4) is 33.9 Å². The zero-order chi connectivity index (χ0) is 24.1. The molecule has 0 N–H and O–H groups in total. The lowest BCUT2D eigenvalue weighted by atomic mass is 10.00. The Morgan fingerprint density at radius 3 is 2.06 bits per heavy atom. The van der Waals surface area contributed by atoms with Crippen molar-refractivity contribution < 1.29 is 18.3 Å².